The molecule has 0 aliphatic carbocycles. The number of anilines is 2. The van der Waals surface area contributed by atoms with Gasteiger partial charge in [-0.2, -0.15) is 0 Å². The van der Waals surface area contributed by atoms with E-state index >= 15 is 0 Å². The molecular formula is C13H12ClN3O3S. The van der Waals surface area contributed by atoms with E-state index in [4.69, 9.17) is 11.6 Å². The van der Waals surface area contributed by atoms with Crippen molar-refractivity contribution in [3.8, 4) is 0 Å². The second-order valence-corrected chi connectivity index (χ2v) is 6.39. The van der Waals surface area contributed by atoms with E-state index in [9.17, 15) is 13.2 Å². The third-order valence-electron chi connectivity index (χ3n) is 2.49. The van der Waals surface area contributed by atoms with Gasteiger partial charge >= 0.3 is 0 Å². The number of aromatic nitrogens is 1. The second kappa shape index (κ2) is 6.11. The summed E-state index contributed by atoms with van der Waals surface area (Å²) in [6.07, 6.45) is 3.84. The standard InChI is InChI=1S/C13H12ClN3O3S/c1-21(19,20)17-12-5-3-2-4-11(12)16-13(18)9-6-7-15-8-10(9)14/h2-8,17H,1H3,(H,16,18). The van der Waals surface area contributed by atoms with Crippen molar-refractivity contribution in [1.29, 1.82) is 0 Å². The Kier molecular flexibility index (Phi) is 4.44. The number of amides is 1. The predicted octanol–water partition coefficient (Wildman–Crippen LogP) is 2.36. The van der Waals surface area contributed by atoms with Crippen molar-refractivity contribution < 1.29 is 13.2 Å². The number of rotatable bonds is 4. The van der Waals surface area contributed by atoms with Crippen molar-refractivity contribution in [2.24, 2.45) is 0 Å². The summed E-state index contributed by atoms with van der Waals surface area (Å²) >= 11 is 5.90. The number of nitrogens with one attached hydrogen (secondary N) is 2. The van der Waals surface area contributed by atoms with E-state index < -0.39 is 15.9 Å². The molecular weight excluding hydrogens is 314 g/mol. The molecule has 0 radical (unpaired) electrons. The molecule has 0 fully saturated rings. The molecule has 2 rings (SSSR count). The van der Waals surface area contributed by atoms with Gasteiger partial charge in [0.15, 0.2) is 0 Å². The third kappa shape index (κ3) is 4.17. The molecule has 0 unspecified atom stereocenters. The summed E-state index contributed by atoms with van der Waals surface area (Å²) in [6, 6.07) is 7.94. The van der Waals surface area contributed by atoms with Gasteiger partial charge in [0.1, 0.15) is 0 Å². The largest absolute Gasteiger partial charge is 0.320 e. The predicted molar refractivity (Wildman–Crippen MR) is 82.1 cm³/mol. The van der Waals surface area contributed by atoms with E-state index in [2.05, 4.69) is 15.0 Å². The number of benzene rings is 1. The lowest BCUT2D eigenvalue weighted by Gasteiger charge is -2.12. The van der Waals surface area contributed by atoms with E-state index in [1.54, 1.807) is 24.3 Å². The summed E-state index contributed by atoms with van der Waals surface area (Å²) in [5.41, 5.74) is 0.861. The van der Waals surface area contributed by atoms with Crippen LogP contribution >= 0.6 is 11.6 Å². The van der Waals surface area contributed by atoms with Gasteiger partial charge in [0.2, 0.25) is 10.0 Å². The Labute approximate surface area is 127 Å². The Morgan fingerprint density at radius 3 is 2.48 bits per heavy atom. The van der Waals surface area contributed by atoms with E-state index in [0.29, 0.717) is 5.69 Å². The topological polar surface area (TPSA) is 88.2 Å². The molecule has 6 nitrogen and oxygen atoms in total. The third-order valence-corrected chi connectivity index (χ3v) is 3.38. The van der Waals surface area contributed by atoms with Gasteiger partial charge in [-0.05, 0) is 18.2 Å². The van der Waals surface area contributed by atoms with Crippen LogP contribution in [0.3, 0.4) is 0 Å². The van der Waals surface area contributed by atoms with Gasteiger partial charge in [-0.15, -0.1) is 0 Å². The summed E-state index contributed by atoms with van der Waals surface area (Å²) in [4.78, 5) is 15.9. The van der Waals surface area contributed by atoms with Crippen molar-refractivity contribution >= 4 is 38.9 Å². The Morgan fingerprint density at radius 2 is 1.86 bits per heavy atom. The summed E-state index contributed by atoms with van der Waals surface area (Å²) in [7, 11) is -3.45. The molecule has 0 aliphatic rings. The van der Waals surface area contributed by atoms with Gasteiger partial charge in [0.25, 0.3) is 5.91 Å². The molecule has 110 valence electrons. The van der Waals surface area contributed by atoms with E-state index in [-0.39, 0.29) is 16.3 Å². The van der Waals surface area contributed by atoms with Crippen LogP contribution in [-0.2, 0) is 10.0 Å². The highest BCUT2D eigenvalue weighted by atomic mass is 35.5. The maximum atomic E-state index is 12.2. The smallest absolute Gasteiger partial charge is 0.257 e. The van der Waals surface area contributed by atoms with Crippen molar-refractivity contribution in [2.45, 2.75) is 0 Å². The maximum Gasteiger partial charge on any atom is 0.257 e. The summed E-state index contributed by atoms with van der Waals surface area (Å²) in [6.45, 7) is 0. The molecule has 21 heavy (non-hydrogen) atoms. The fraction of sp³-hybridized carbons (Fsp3) is 0.0769. The van der Waals surface area contributed by atoms with E-state index in [1.165, 1.54) is 18.5 Å². The van der Waals surface area contributed by atoms with Crippen molar-refractivity contribution in [2.75, 3.05) is 16.3 Å². The SMILES string of the molecule is CS(=O)(=O)Nc1ccccc1NC(=O)c1ccncc1Cl. The number of carbonyl (C=O) groups excluding carboxylic acids is 1. The molecule has 0 bridgehead atoms. The monoisotopic (exact) mass is 325 g/mol. The molecule has 1 aromatic carbocycles. The molecule has 0 atom stereocenters. The lowest BCUT2D eigenvalue weighted by molar-refractivity contribution is 0.102. The Morgan fingerprint density at radius 1 is 1.19 bits per heavy atom. The molecule has 1 aromatic heterocycles. The van der Waals surface area contributed by atoms with Crippen LogP contribution in [0, 0.1) is 0 Å². The molecule has 0 aliphatic heterocycles. The number of pyridine rings is 1. The minimum atomic E-state index is -3.45. The quantitative estimate of drug-likeness (QED) is 0.903. The highest BCUT2D eigenvalue weighted by molar-refractivity contribution is 7.92. The van der Waals surface area contributed by atoms with Crippen molar-refractivity contribution in [3.63, 3.8) is 0 Å². The number of carbonyl (C=O) groups is 1. The number of sulfonamides is 1. The number of hydrogen-bond acceptors (Lipinski definition) is 4. The fourth-order valence-corrected chi connectivity index (χ4v) is 2.41. The first-order valence-electron chi connectivity index (χ1n) is 5.84. The first-order chi connectivity index (χ1) is 9.87. The Bertz CT molecular complexity index is 778. The minimum Gasteiger partial charge on any atom is -0.320 e. The molecule has 2 aromatic rings. The Hall–Kier alpha value is -2.12. The molecule has 1 amide bonds. The normalized spacial score (nSPS) is 11.0. The molecule has 2 N–H and O–H groups in total. The number of nitrogens with zero attached hydrogens (tertiary/aromatic N) is 1. The van der Waals surface area contributed by atoms with Crippen LogP contribution in [0.25, 0.3) is 0 Å². The fourth-order valence-electron chi connectivity index (χ4n) is 1.63. The zero-order chi connectivity index (χ0) is 15.5. The van der Waals surface area contributed by atoms with Gasteiger partial charge in [0.05, 0.1) is 28.2 Å². The Balaban J connectivity index is 2.28. The van der Waals surface area contributed by atoms with E-state index in [1.807, 2.05) is 0 Å². The average Bonchev–Trinajstić information content (AvgIpc) is 2.40. The summed E-state index contributed by atoms with van der Waals surface area (Å²) in [5.74, 6) is -0.454. The lowest BCUT2D eigenvalue weighted by Crippen LogP contribution is -2.16. The van der Waals surface area contributed by atoms with Crippen LogP contribution in [0.4, 0.5) is 11.4 Å². The van der Waals surface area contributed by atoms with Crippen molar-refractivity contribution in [1.82, 2.24) is 4.98 Å². The van der Waals surface area contributed by atoms with Crippen LogP contribution in [0.2, 0.25) is 5.02 Å². The lowest BCUT2D eigenvalue weighted by atomic mass is 10.2. The van der Waals surface area contributed by atoms with Gasteiger partial charge in [-0.25, -0.2) is 8.42 Å². The summed E-state index contributed by atoms with van der Waals surface area (Å²) < 4.78 is 25.0. The number of para-hydroxylation sites is 2. The van der Waals surface area contributed by atoms with E-state index in [0.717, 1.165) is 6.26 Å². The van der Waals surface area contributed by atoms with Crippen LogP contribution in [0.5, 0.6) is 0 Å². The zero-order valence-corrected chi connectivity index (χ0v) is 12.6. The van der Waals surface area contributed by atoms with Crippen LogP contribution < -0.4 is 10.0 Å². The molecule has 8 heteroatoms. The molecule has 0 saturated carbocycles. The average molecular weight is 326 g/mol. The van der Waals surface area contributed by atoms with Gasteiger partial charge in [-0.1, -0.05) is 23.7 Å². The first-order valence-corrected chi connectivity index (χ1v) is 8.11. The zero-order valence-electron chi connectivity index (χ0n) is 11.0. The van der Waals surface area contributed by atoms with Gasteiger partial charge in [0, 0.05) is 12.4 Å². The van der Waals surface area contributed by atoms with Gasteiger partial charge in [-0.3, -0.25) is 14.5 Å². The maximum absolute atomic E-state index is 12.2. The van der Waals surface area contributed by atoms with Crippen LogP contribution in [-0.4, -0.2) is 25.6 Å². The van der Waals surface area contributed by atoms with Gasteiger partial charge < -0.3 is 5.32 Å². The number of hydrogen-bond donors (Lipinski definition) is 2. The number of halogens is 1. The molecule has 0 spiro atoms. The minimum absolute atomic E-state index is 0.212. The van der Waals surface area contributed by atoms with Crippen LogP contribution in [0.1, 0.15) is 10.4 Å². The second-order valence-electron chi connectivity index (χ2n) is 4.23. The summed E-state index contributed by atoms with van der Waals surface area (Å²) in [5, 5.41) is 2.82. The highest BCUT2D eigenvalue weighted by Gasteiger charge is 2.13. The molecule has 1 heterocycles. The first kappa shape index (κ1) is 15.3. The van der Waals surface area contributed by atoms with Crippen LogP contribution in [0.15, 0.2) is 42.7 Å². The highest BCUT2D eigenvalue weighted by Crippen LogP contribution is 2.23. The molecule has 0 saturated heterocycles. The van der Waals surface area contributed by atoms with Crippen molar-refractivity contribution in [3.05, 3.63) is 53.3 Å².